The molecule has 0 fully saturated rings. The molecule has 5 nitrogen and oxygen atoms in total. The Labute approximate surface area is 118 Å². The quantitative estimate of drug-likeness (QED) is 0.788. The van der Waals surface area contributed by atoms with E-state index in [4.69, 9.17) is 10.5 Å². The number of carbonyl (C=O) groups excluding carboxylic acids is 2. The van der Waals surface area contributed by atoms with Gasteiger partial charge in [-0.1, -0.05) is 18.2 Å². The van der Waals surface area contributed by atoms with E-state index in [9.17, 15) is 9.59 Å². The van der Waals surface area contributed by atoms with Crippen molar-refractivity contribution in [3.63, 3.8) is 0 Å². The first-order valence-electron chi connectivity index (χ1n) is 6.70. The third-order valence-electron chi connectivity index (χ3n) is 3.07. The van der Waals surface area contributed by atoms with Crippen molar-refractivity contribution in [2.24, 2.45) is 5.73 Å². The summed E-state index contributed by atoms with van der Waals surface area (Å²) < 4.78 is 5.32. The molecule has 0 aliphatic carbocycles. The van der Waals surface area contributed by atoms with E-state index in [2.05, 4.69) is 0 Å². The number of para-hydroxylation sites is 1. The van der Waals surface area contributed by atoms with Gasteiger partial charge in [-0.05, 0) is 45.2 Å². The van der Waals surface area contributed by atoms with Crippen molar-refractivity contribution in [2.45, 2.75) is 45.3 Å². The molecule has 0 saturated carbocycles. The Hall–Kier alpha value is -1.88. The van der Waals surface area contributed by atoms with Gasteiger partial charge < -0.3 is 10.5 Å². The maximum Gasteiger partial charge on any atom is 0.421 e. The van der Waals surface area contributed by atoms with Crippen LogP contribution < -0.4 is 10.6 Å². The summed E-state index contributed by atoms with van der Waals surface area (Å²) in [6.45, 7) is 5.29. The average molecular weight is 276 g/mol. The van der Waals surface area contributed by atoms with E-state index in [1.165, 1.54) is 0 Å². The van der Waals surface area contributed by atoms with Gasteiger partial charge in [0.15, 0.2) is 0 Å². The number of nitrogens with two attached hydrogens (primary N) is 1. The molecule has 108 valence electrons. The SMILES string of the molecule is CC(C)(C)OC(=O)N1C(=O)[C@@H](N)CCc2ccccc21. The van der Waals surface area contributed by atoms with Crippen LogP contribution in [0.15, 0.2) is 24.3 Å². The number of fused-ring (bicyclic) bond motifs is 1. The van der Waals surface area contributed by atoms with E-state index in [0.717, 1.165) is 10.5 Å². The van der Waals surface area contributed by atoms with Crippen molar-refractivity contribution in [3.8, 4) is 0 Å². The van der Waals surface area contributed by atoms with Crippen molar-refractivity contribution >= 4 is 17.7 Å². The summed E-state index contributed by atoms with van der Waals surface area (Å²) in [7, 11) is 0. The van der Waals surface area contributed by atoms with Crippen LogP contribution in [-0.2, 0) is 16.0 Å². The Morgan fingerprint density at radius 2 is 2.00 bits per heavy atom. The van der Waals surface area contributed by atoms with Gasteiger partial charge in [0.1, 0.15) is 5.60 Å². The highest BCUT2D eigenvalue weighted by atomic mass is 16.6. The van der Waals surface area contributed by atoms with Gasteiger partial charge in [0.25, 0.3) is 5.91 Å². The smallest absolute Gasteiger partial charge is 0.421 e. The Balaban J connectivity index is 2.41. The molecule has 1 heterocycles. The molecule has 1 aliphatic rings. The Bertz CT molecular complexity index is 534. The Morgan fingerprint density at radius 1 is 1.35 bits per heavy atom. The number of aryl methyl sites for hydroxylation is 1. The van der Waals surface area contributed by atoms with Gasteiger partial charge >= 0.3 is 6.09 Å². The summed E-state index contributed by atoms with van der Waals surface area (Å²) in [5.41, 5.74) is 6.69. The van der Waals surface area contributed by atoms with Crippen molar-refractivity contribution in [1.29, 1.82) is 0 Å². The van der Waals surface area contributed by atoms with Gasteiger partial charge in [-0.2, -0.15) is 0 Å². The molecular weight excluding hydrogens is 256 g/mol. The number of hydrogen-bond acceptors (Lipinski definition) is 4. The molecule has 0 spiro atoms. The molecule has 0 bridgehead atoms. The zero-order valence-electron chi connectivity index (χ0n) is 12.1. The fourth-order valence-corrected chi connectivity index (χ4v) is 2.16. The second kappa shape index (κ2) is 5.25. The zero-order valence-corrected chi connectivity index (χ0v) is 12.1. The molecular formula is C15H20N2O3. The van der Waals surface area contributed by atoms with Crippen LogP contribution in [0.5, 0.6) is 0 Å². The lowest BCUT2D eigenvalue weighted by Gasteiger charge is -2.27. The molecule has 2 rings (SSSR count). The Morgan fingerprint density at radius 3 is 2.65 bits per heavy atom. The molecule has 0 unspecified atom stereocenters. The third-order valence-corrected chi connectivity index (χ3v) is 3.07. The number of amides is 2. The number of benzene rings is 1. The van der Waals surface area contributed by atoms with Gasteiger partial charge in [0, 0.05) is 0 Å². The van der Waals surface area contributed by atoms with Crippen LogP contribution in [0.1, 0.15) is 32.8 Å². The zero-order chi connectivity index (χ0) is 14.9. The molecule has 0 aromatic heterocycles. The van der Waals surface area contributed by atoms with Crippen molar-refractivity contribution < 1.29 is 14.3 Å². The van der Waals surface area contributed by atoms with E-state index in [0.29, 0.717) is 18.5 Å². The molecule has 1 atom stereocenters. The van der Waals surface area contributed by atoms with E-state index in [1.54, 1.807) is 32.9 Å². The van der Waals surface area contributed by atoms with Gasteiger partial charge in [-0.25, -0.2) is 9.69 Å². The molecule has 0 saturated heterocycles. The summed E-state index contributed by atoms with van der Waals surface area (Å²) >= 11 is 0. The molecule has 5 heteroatoms. The van der Waals surface area contributed by atoms with E-state index in [-0.39, 0.29) is 0 Å². The summed E-state index contributed by atoms with van der Waals surface area (Å²) in [5.74, 6) is -0.413. The average Bonchev–Trinajstić information content (AvgIpc) is 2.46. The first-order valence-corrected chi connectivity index (χ1v) is 6.70. The highest BCUT2D eigenvalue weighted by Crippen LogP contribution is 2.28. The molecule has 1 aromatic carbocycles. The molecule has 1 aliphatic heterocycles. The lowest BCUT2D eigenvalue weighted by molar-refractivity contribution is -0.119. The molecule has 0 radical (unpaired) electrons. The molecule has 1 aromatic rings. The van der Waals surface area contributed by atoms with Gasteiger partial charge in [-0.15, -0.1) is 0 Å². The summed E-state index contributed by atoms with van der Waals surface area (Å²) in [6, 6.07) is 6.64. The number of carbonyl (C=O) groups is 2. The van der Waals surface area contributed by atoms with Gasteiger partial charge in [0.05, 0.1) is 11.7 Å². The van der Waals surface area contributed by atoms with Crippen LogP contribution in [0.3, 0.4) is 0 Å². The van der Waals surface area contributed by atoms with E-state index >= 15 is 0 Å². The fraction of sp³-hybridized carbons (Fsp3) is 0.467. The minimum absolute atomic E-state index is 0.413. The topological polar surface area (TPSA) is 72.6 Å². The predicted octanol–water partition coefficient (Wildman–Crippen LogP) is 2.23. The number of rotatable bonds is 0. The van der Waals surface area contributed by atoms with Crippen molar-refractivity contribution in [1.82, 2.24) is 0 Å². The number of anilines is 1. The fourth-order valence-electron chi connectivity index (χ4n) is 2.16. The minimum Gasteiger partial charge on any atom is -0.443 e. The highest BCUT2D eigenvalue weighted by molar-refractivity contribution is 6.15. The van der Waals surface area contributed by atoms with Crippen LogP contribution in [0, 0.1) is 0 Å². The lowest BCUT2D eigenvalue weighted by atomic mass is 10.1. The second-order valence-electron chi connectivity index (χ2n) is 5.93. The van der Waals surface area contributed by atoms with Crippen LogP contribution in [0.25, 0.3) is 0 Å². The van der Waals surface area contributed by atoms with Crippen molar-refractivity contribution in [3.05, 3.63) is 29.8 Å². The lowest BCUT2D eigenvalue weighted by Crippen LogP contribution is -2.48. The van der Waals surface area contributed by atoms with Crippen LogP contribution >= 0.6 is 0 Å². The Kier molecular flexibility index (Phi) is 3.81. The maximum absolute atomic E-state index is 12.3. The molecule has 2 amide bonds. The number of ether oxygens (including phenoxy) is 1. The minimum atomic E-state index is -0.685. The highest BCUT2D eigenvalue weighted by Gasteiger charge is 2.35. The third kappa shape index (κ3) is 2.99. The normalized spacial score (nSPS) is 19.3. The number of hydrogen-bond donors (Lipinski definition) is 1. The van der Waals surface area contributed by atoms with E-state index < -0.39 is 23.6 Å². The monoisotopic (exact) mass is 276 g/mol. The summed E-state index contributed by atoms with van der Waals surface area (Å²) in [6.07, 6.45) is 0.518. The molecule has 20 heavy (non-hydrogen) atoms. The summed E-state index contributed by atoms with van der Waals surface area (Å²) in [5, 5.41) is 0. The van der Waals surface area contributed by atoms with Crippen LogP contribution in [0.2, 0.25) is 0 Å². The summed E-state index contributed by atoms with van der Waals surface area (Å²) in [4.78, 5) is 25.7. The van der Waals surface area contributed by atoms with E-state index in [1.807, 2.05) is 12.1 Å². The van der Waals surface area contributed by atoms with Crippen LogP contribution in [0.4, 0.5) is 10.5 Å². The second-order valence-corrected chi connectivity index (χ2v) is 5.93. The first-order chi connectivity index (χ1) is 9.29. The first kappa shape index (κ1) is 14.5. The number of imide groups is 1. The molecule has 2 N–H and O–H groups in total. The predicted molar refractivity (Wildman–Crippen MR) is 76.5 cm³/mol. The van der Waals surface area contributed by atoms with Crippen LogP contribution in [-0.4, -0.2) is 23.6 Å². The van der Waals surface area contributed by atoms with Crippen molar-refractivity contribution in [2.75, 3.05) is 4.90 Å². The maximum atomic E-state index is 12.3. The largest absolute Gasteiger partial charge is 0.443 e. The van der Waals surface area contributed by atoms with Gasteiger partial charge in [-0.3, -0.25) is 4.79 Å². The standard InChI is InChI=1S/C15H20N2O3/c1-15(2,3)20-14(19)17-12-7-5-4-6-10(12)8-9-11(16)13(17)18/h4-7,11H,8-9,16H2,1-3H3/t11-/m0/s1. The van der Waals surface area contributed by atoms with Gasteiger partial charge in [0.2, 0.25) is 0 Å². The number of nitrogens with zero attached hydrogens (tertiary/aromatic N) is 1.